The first-order valence-corrected chi connectivity index (χ1v) is 4.33. The largest absolute Gasteiger partial charge is 0.378 e. The monoisotopic (exact) mass is 166 g/mol. The highest BCUT2D eigenvalue weighted by molar-refractivity contribution is 5.14. The number of aromatic nitrogens is 1. The summed E-state index contributed by atoms with van der Waals surface area (Å²) in [6.45, 7) is 3.74. The molecule has 1 saturated heterocycles. The predicted molar refractivity (Wildman–Crippen MR) is 47.0 cm³/mol. The van der Waals surface area contributed by atoms with Crippen LogP contribution in [0.3, 0.4) is 0 Å². The Balaban J connectivity index is 2.04. The maximum Gasteiger partial charge on any atom is 0.0662 e. The number of H-pyrrole nitrogens is 1. The van der Waals surface area contributed by atoms with Crippen LogP contribution in [-0.2, 0) is 4.74 Å². The molecule has 2 unspecified atom stereocenters. The summed E-state index contributed by atoms with van der Waals surface area (Å²) in [5.41, 5.74) is 1.28. The molecule has 1 aliphatic heterocycles. The van der Waals surface area contributed by atoms with Gasteiger partial charge in [-0.3, -0.25) is 0 Å². The van der Waals surface area contributed by atoms with Crippen LogP contribution in [-0.4, -0.2) is 24.2 Å². The molecular weight excluding hydrogens is 152 g/mol. The van der Waals surface area contributed by atoms with E-state index in [1.807, 2.05) is 12.4 Å². The summed E-state index contributed by atoms with van der Waals surface area (Å²) < 4.78 is 5.44. The minimum atomic E-state index is 0.361. The maximum absolute atomic E-state index is 5.44. The van der Waals surface area contributed by atoms with E-state index < -0.39 is 0 Å². The Morgan fingerprint density at radius 1 is 1.50 bits per heavy atom. The molecule has 0 aliphatic carbocycles. The lowest BCUT2D eigenvalue weighted by Gasteiger charge is -2.28. The number of aromatic amines is 1. The fraction of sp³-hybridized carbons (Fsp3) is 0.556. The summed E-state index contributed by atoms with van der Waals surface area (Å²) in [6, 6.07) is 2.90. The quantitative estimate of drug-likeness (QED) is 0.654. The van der Waals surface area contributed by atoms with Crippen molar-refractivity contribution >= 4 is 0 Å². The van der Waals surface area contributed by atoms with Gasteiger partial charge in [0.2, 0.25) is 0 Å². The highest BCUT2D eigenvalue weighted by atomic mass is 16.5. The molecule has 1 aromatic rings. The summed E-state index contributed by atoms with van der Waals surface area (Å²) in [4.78, 5) is 3.05. The Hall–Kier alpha value is -0.800. The van der Waals surface area contributed by atoms with Gasteiger partial charge in [0.05, 0.1) is 19.3 Å². The van der Waals surface area contributed by atoms with Crippen LogP contribution >= 0.6 is 0 Å². The summed E-state index contributed by atoms with van der Waals surface area (Å²) >= 11 is 0. The Morgan fingerprint density at radius 3 is 3.08 bits per heavy atom. The number of ether oxygens (including phenoxy) is 1. The summed E-state index contributed by atoms with van der Waals surface area (Å²) in [5.74, 6) is 0. The second-order valence-corrected chi connectivity index (χ2v) is 3.30. The Labute approximate surface area is 72.1 Å². The lowest BCUT2D eigenvalue weighted by atomic mass is 10.1. The van der Waals surface area contributed by atoms with Gasteiger partial charge >= 0.3 is 0 Å². The average Bonchev–Trinajstić information content (AvgIpc) is 2.56. The molecule has 0 saturated carbocycles. The minimum Gasteiger partial charge on any atom is -0.378 e. The number of nitrogens with one attached hydrogen (secondary N) is 2. The molecule has 2 rings (SSSR count). The zero-order valence-corrected chi connectivity index (χ0v) is 7.21. The molecule has 2 atom stereocenters. The van der Waals surface area contributed by atoms with Gasteiger partial charge in [-0.1, -0.05) is 0 Å². The molecular formula is C9H14N2O. The van der Waals surface area contributed by atoms with Crippen molar-refractivity contribution in [2.45, 2.75) is 19.0 Å². The van der Waals surface area contributed by atoms with Crippen molar-refractivity contribution in [3.8, 4) is 0 Å². The van der Waals surface area contributed by atoms with Crippen molar-refractivity contribution in [2.24, 2.45) is 0 Å². The van der Waals surface area contributed by atoms with Gasteiger partial charge in [0, 0.05) is 18.4 Å². The molecule has 2 N–H and O–H groups in total. The molecule has 0 aromatic carbocycles. The minimum absolute atomic E-state index is 0.361. The molecule has 0 spiro atoms. The average molecular weight is 166 g/mol. The smallest absolute Gasteiger partial charge is 0.0662 e. The van der Waals surface area contributed by atoms with Gasteiger partial charge in [0.25, 0.3) is 0 Å². The van der Waals surface area contributed by atoms with Crippen molar-refractivity contribution in [1.82, 2.24) is 10.3 Å². The van der Waals surface area contributed by atoms with E-state index in [0.717, 1.165) is 13.2 Å². The SMILES string of the molecule is CC1COCC(c2cc[nH]c2)N1. The van der Waals surface area contributed by atoms with Gasteiger partial charge in [-0.15, -0.1) is 0 Å². The number of hydrogen-bond donors (Lipinski definition) is 2. The Kier molecular flexibility index (Phi) is 2.15. The van der Waals surface area contributed by atoms with Crippen molar-refractivity contribution < 1.29 is 4.74 Å². The van der Waals surface area contributed by atoms with Crippen LogP contribution < -0.4 is 5.32 Å². The van der Waals surface area contributed by atoms with E-state index in [2.05, 4.69) is 23.3 Å². The van der Waals surface area contributed by atoms with Gasteiger partial charge in [-0.25, -0.2) is 0 Å². The molecule has 66 valence electrons. The molecule has 2 heterocycles. The van der Waals surface area contributed by atoms with Crippen LogP contribution in [0.25, 0.3) is 0 Å². The zero-order valence-electron chi connectivity index (χ0n) is 7.21. The normalized spacial score (nSPS) is 30.4. The highest BCUT2D eigenvalue weighted by Gasteiger charge is 2.19. The van der Waals surface area contributed by atoms with E-state index in [1.165, 1.54) is 5.56 Å². The van der Waals surface area contributed by atoms with E-state index in [9.17, 15) is 0 Å². The number of morpholine rings is 1. The standard InChI is InChI=1S/C9H14N2O/c1-7-5-12-6-9(11-7)8-2-3-10-4-8/h2-4,7,9-11H,5-6H2,1H3. The summed E-state index contributed by atoms with van der Waals surface area (Å²) in [6.07, 6.45) is 3.95. The molecule has 3 heteroatoms. The second kappa shape index (κ2) is 3.29. The van der Waals surface area contributed by atoms with Crippen molar-refractivity contribution in [3.05, 3.63) is 24.0 Å². The van der Waals surface area contributed by atoms with Crippen LogP contribution in [0.5, 0.6) is 0 Å². The predicted octanol–water partition coefficient (Wildman–Crippen LogP) is 1.06. The molecule has 3 nitrogen and oxygen atoms in total. The van der Waals surface area contributed by atoms with E-state index in [4.69, 9.17) is 4.74 Å². The first-order chi connectivity index (χ1) is 5.86. The molecule has 1 aromatic heterocycles. The van der Waals surface area contributed by atoms with Gasteiger partial charge in [-0.2, -0.15) is 0 Å². The lowest BCUT2D eigenvalue weighted by Crippen LogP contribution is -2.41. The maximum atomic E-state index is 5.44. The fourth-order valence-corrected chi connectivity index (χ4v) is 1.55. The van der Waals surface area contributed by atoms with E-state index in [-0.39, 0.29) is 0 Å². The topological polar surface area (TPSA) is 37.0 Å². The number of rotatable bonds is 1. The van der Waals surface area contributed by atoms with Crippen LogP contribution in [0, 0.1) is 0 Å². The van der Waals surface area contributed by atoms with Crippen molar-refractivity contribution in [3.63, 3.8) is 0 Å². The molecule has 0 bridgehead atoms. The molecule has 1 fully saturated rings. The molecule has 1 aliphatic rings. The number of hydrogen-bond acceptors (Lipinski definition) is 2. The van der Waals surface area contributed by atoms with Crippen molar-refractivity contribution in [2.75, 3.05) is 13.2 Å². The van der Waals surface area contributed by atoms with Gasteiger partial charge in [0.15, 0.2) is 0 Å². The molecule has 0 amide bonds. The van der Waals surface area contributed by atoms with E-state index >= 15 is 0 Å². The molecule has 12 heavy (non-hydrogen) atoms. The third kappa shape index (κ3) is 1.52. The highest BCUT2D eigenvalue weighted by Crippen LogP contribution is 2.16. The zero-order chi connectivity index (χ0) is 8.39. The fourth-order valence-electron chi connectivity index (χ4n) is 1.55. The van der Waals surface area contributed by atoms with Gasteiger partial charge < -0.3 is 15.0 Å². The van der Waals surface area contributed by atoms with Crippen molar-refractivity contribution in [1.29, 1.82) is 0 Å². The summed E-state index contributed by atoms with van der Waals surface area (Å²) in [5, 5.41) is 3.47. The summed E-state index contributed by atoms with van der Waals surface area (Å²) in [7, 11) is 0. The van der Waals surface area contributed by atoms with Crippen LogP contribution in [0.15, 0.2) is 18.5 Å². The van der Waals surface area contributed by atoms with Crippen LogP contribution in [0.1, 0.15) is 18.5 Å². The first-order valence-electron chi connectivity index (χ1n) is 4.33. The second-order valence-electron chi connectivity index (χ2n) is 3.30. The van der Waals surface area contributed by atoms with Gasteiger partial charge in [0.1, 0.15) is 0 Å². The van der Waals surface area contributed by atoms with E-state index in [0.29, 0.717) is 12.1 Å². The Morgan fingerprint density at radius 2 is 2.42 bits per heavy atom. The lowest BCUT2D eigenvalue weighted by molar-refractivity contribution is 0.0504. The third-order valence-electron chi connectivity index (χ3n) is 2.16. The Bertz CT molecular complexity index is 233. The van der Waals surface area contributed by atoms with Crippen LogP contribution in [0.2, 0.25) is 0 Å². The molecule has 0 radical (unpaired) electrons. The van der Waals surface area contributed by atoms with E-state index in [1.54, 1.807) is 0 Å². The third-order valence-corrected chi connectivity index (χ3v) is 2.16. The first kappa shape index (κ1) is 7.83. The van der Waals surface area contributed by atoms with Gasteiger partial charge in [-0.05, 0) is 18.6 Å². The van der Waals surface area contributed by atoms with Crippen LogP contribution in [0.4, 0.5) is 0 Å².